The fraction of sp³-hybridized carbons (Fsp3) is 0.471. The van der Waals surface area contributed by atoms with Crippen LogP contribution in [0.2, 0.25) is 0 Å². The zero-order chi connectivity index (χ0) is 16.1. The molecule has 0 bridgehead atoms. The maximum Gasteiger partial charge on any atom is 0.272 e. The average molecular weight is 314 g/mol. The van der Waals surface area contributed by atoms with Crippen LogP contribution in [0.4, 0.5) is 0 Å². The van der Waals surface area contributed by atoms with Gasteiger partial charge in [-0.3, -0.25) is 14.7 Å². The number of H-pyrrole nitrogens is 1. The monoisotopic (exact) mass is 314 g/mol. The van der Waals surface area contributed by atoms with E-state index in [2.05, 4.69) is 20.8 Å². The zero-order valence-electron chi connectivity index (χ0n) is 13.1. The highest BCUT2D eigenvalue weighted by molar-refractivity contribution is 6.05. The number of hydrogen-bond acceptors (Lipinski definition) is 3. The molecule has 122 valence electrons. The Kier molecular flexibility index (Phi) is 4.90. The van der Waals surface area contributed by atoms with E-state index in [0.717, 1.165) is 10.9 Å². The van der Waals surface area contributed by atoms with E-state index in [4.69, 9.17) is 0 Å². The first-order valence-corrected chi connectivity index (χ1v) is 8.22. The van der Waals surface area contributed by atoms with Gasteiger partial charge in [-0.2, -0.15) is 5.10 Å². The number of benzene rings is 1. The normalized spacial score (nSPS) is 15.5. The highest BCUT2D eigenvalue weighted by atomic mass is 16.2. The van der Waals surface area contributed by atoms with Crippen LogP contribution in [0.5, 0.6) is 0 Å². The molecule has 6 nitrogen and oxygen atoms in total. The fourth-order valence-electron chi connectivity index (χ4n) is 3.09. The summed E-state index contributed by atoms with van der Waals surface area (Å²) in [5.74, 6) is 0.0951. The van der Waals surface area contributed by atoms with Crippen molar-refractivity contribution in [2.45, 2.75) is 32.1 Å². The Morgan fingerprint density at radius 3 is 2.74 bits per heavy atom. The Labute approximate surface area is 135 Å². The minimum Gasteiger partial charge on any atom is -0.354 e. The van der Waals surface area contributed by atoms with Gasteiger partial charge in [-0.25, -0.2) is 0 Å². The van der Waals surface area contributed by atoms with Crippen molar-refractivity contribution in [3.8, 4) is 0 Å². The molecule has 6 heteroatoms. The molecule has 0 spiro atoms. The van der Waals surface area contributed by atoms with E-state index in [9.17, 15) is 9.59 Å². The molecular weight excluding hydrogens is 292 g/mol. The van der Waals surface area contributed by atoms with Crippen LogP contribution in [0, 0.1) is 5.92 Å². The minimum atomic E-state index is -0.338. The van der Waals surface area contributed by atoms with Gasteiger partial charge in [0.25, 0.3) is 5.91 Å². The van der Waals surface area contributed by atoms with Crippen LogP contribution in [-0.4, -0.2) is 35.1 Å². The van der Waals surface area contributed by atoms with Crippen LogP contribution in [0.1, 0.15) is 42.6 Å². The molecule has 2 aromatic rings. The molecular formula is C17H22N4O2. The van der Waals surface area contributed by atoms with Gasteiger partial charge in [-0.15, -0.1) is 0 Å². The number of carbonyl (C=O) groups excluding carboxylic acids is 2. The van der Waals surface area contributed by atoms with Crippen LogP contribution in [-0.2, 0) is 4.79 Å². The number of amides is 2. The van der Waals surface area contributed by atoms with E-state index in [1.165, 1.54) is 32.1 Å². The van der Waals surface area contributed by atoms with Crippen molar-refractivity contribution in [1.82, 2.24) is 20.8 Å². The lowest BCUT2D eigenvalue weighted by molar-refractivity contribution is -0.120. The Hall–Kier alpha value is -2.37. The van der Waals surface area contributed by atoms with E-state index in [1.54, 1.807) is 0 Å². The molecule has 23 heavy (non-hydrogen) atoms. The maximum absolute atomic E-state index is 12.2. The molecule has 1 saturated carbocycles. The smallest absolute Gasteiger partial charge is 0.272 e. The van der Waals surface area contributed by atoms with Crippen LogP contribution in [0.3, 0.4) is 0 Å². The molecule has 2 amide bonds. The minimum absolute atomic E-state index is 0.0211. The number of para-hydroxylation sites is 1. The van der Waals surface area contributed by atoms with Crippen LogP contribution >= 0.6 is 0 Å². The number of aromatic amines is 1. The van der Waals surface area contributed by atoms with Crippen molar-refractivity contribution in [2.24, 2.45) is 5.92 Å². The SMILES string of the molecule is O=C(CNC(=O)c1n[nH]c2ccccc12)NCC1CCCCC1. The van der Waals surface area contributed by atoms with Crippen LogP contribution < -0.4 is 10.6 Å². The molecule has 3 rings (SSSR count). The molecule has 0 unspecified atom stereocenters. The highest BCUT2D eigenvalue weighted by Gasteiger charge is 2.16. The molecule has 1 heterocycles. The molecule has 0 radical (unpaired) electrons. The third kappa shape index (κ3) is 3.88. The summed E-state index contributed by atoms with van der Waals surface area (Å²) in [7, 11) is 0. The molecule has 1 aromatic carbocycles. The second-order valence-corrected chi connectivity index (χ2v) is 6.11. The number of hydrogen-bond donors (Lipinski definition) is 3. The van der Waals surface area contributed by atoms with Gasteiger partial charge in [0.1, 0.15) is 0 Å². The van der Waals surface area contributed by atoms with Crippen molar-refractivity contribution in [3.05, 3.63) is 30.0 Å². The molecule has 0 saturated heterocycles. The molecule has 1 fully saturated rings. The van der Waals surface area contributed by atoms with Crippen molar-refractivity contribution >= 4 is 22.7 Å². The molecule has 0 atom stereocenters. The predicted molar refractivity (Wildman–Crippen MR) is 88.0 cm³/mol. The molecule has 1 aromatic heterocycles. The second-order valence-electron chi connectivity index (χ2n) is 6.11. The quantitative estimate of drug-likeness (QED) is 0.789. The molecule has 1 aliphatic rings. The lowest BCUT2D eigenvalue weighted by Crippen LogP contribution is -2.39. The van der Waals surface area contributed by atoms with E-state index in [0.29, 0.717) is 18.2 Å². The van der Waals surface area contributed by atoms with Crippen LogP contribution in [0.25, 0.3) is 10.9 Å². The number of nitrogens with one attached hydrogen (secondary N) is 3. The topological polar surface area (TPSA) is 86.9 Å². The number of aromatic nitrogens is 2. The summed E-state index contributed by atoms with van der Waals surface area (Å²) < 4.78 is 0. The third-order valence-electron chi connectivity index (χ3n) is 4.41. The number of carbonyl (C=O) groups is 2. The number of rotatable bonds is 5. The summed E-state index contributed by atoms with van der Waals surface area (Å²) in [5, 5.41) is 13.1. The highest BCUT2D eigenvalue weighted by Crippen LogP contribution is 2.22. The molecule has 3 N–H and O–H groups in total. The Bertz CT molecular complexity index is 689. The second kappa shape index (κ2) is 7.26. The van der Waals surface area contributed by atoms with Crippen molar-refractivity contribution in [3.63, 3.8) is 0 Å². The summed E-state index contributed by atoms with van der Waals surface area (Å²) in [5.41, 5.74) is 1.13. The summed E-state index contributed by atoms with van der Waals surface area (Å²) in [6.07, 6.45) is 6.18. The van der Waals surface area contributed by atoms with Gasteiger partial charge in [-0.1, -0.05) is 37.5 Å². The van der Waals surface area contributed by atoms with Gasteiger partial charge in [0.2, 0.25) is 5.91 Å². The Morgan fingerprint density at radius 1 is 1.13 bits per heavy atom. The lowest BCUT2D eigenvalue weighted by atomic mass is 9.89. The first kappa shape index (κ1) is 15.5. The van der Waals surface area contributed by atoms with Crippen molar-refractivity contribution < 1.29 is 9.59 Å². The van der Waals surface area contributed by atoms with Gasteiger partial charge >= 0.3 is 0 Å². The van der Waals surface area contributed by atoms with E-state index in [-0.39, 0.29) is 18.4 Å². The summed E-state index contributed by atoms with van der Waals surface area (Å²) >= 11 is 0. The van der Waals surface area contributed by atoms with Gasteiger partial charge in [0.05, 0.1) is 12.1 Å². The number of fused-ring (bicyclic) bond motifs is 1. The molecule has 1 aliphatic carbocycles. The molecule has 0 aliphatic heterocycles. The summed E-state index contributed by atoms with van der Waals surface area (Å²) in [4.78, 5) is 24.0. The maximum atomic E-state index is 12.2. The Balaban J connectivity index is 1.47. The van der Waals surface area contributed by atoms with Gasteiger partial charge in [0, 0.05) is 11.9 Å². The lowest BCUT2D eigenvalue weighted by Gasteiger charge is -2.21. The van der Waals surface area contributed by atoms with Gasteiger partial charge in [0.15, 0.2) is 5.69 Å². The van der Waals surface area contributed by atoms with E-state index < -0.39 is 0 Å². The zero-order valence-corrected chi connectivity index (χ0v) is 13.1. The number of nitrogens with zero attached hydrogens (tertiary/aromatic N) is 1. The van der Waals surface area contributed by atoms with Crippen molar-refractivity contribution in [2.75, 3.05) is 13.1 Å². The Morgan fingerprint density at radius 2 is 1.91 bits per heavy atom. The van der Waals surface area contributed by atoms with E-state index in [1.807, 2.05) is 24.3 Å². The first-order valence-electron chi connectivity index (χ1n) is 8.22. The van der Waals surface area contributed by atoms with Crippen molar-refractivity contribution in [1.29, 1.82) is 0 Å². The third-order valence-corrected chi connectivity index (χ3v) is 4.41. The predicted octanol–water partition coefficient (Wildman–Crippen LogP) is 1.99. The largest absolute Gasteiger partial charge is 0.354 e. The first-order chi connectivity index (χ1) is 11.2. The van der Waals surface area contributed by atoms with Crippen LogP contribution in [0.15, 0.2) is 24.3 Å². The fourth-order valence-corrected chi connectivity index (χ4v) is 3.09. The standard InChI is InChI=1S/C17H22N4O2/c22-15(18-10-12-6-2-1-3-7-12)11-19-17(23)16-13-8-4-5-9-14(13)20-21-16/h4-5,8-9,12H,1-3,6-7,10-11H2,(H,18,22)(H,19,23)(H,20,21). The van der Waals surface area contributed by atoms with E-state index >= 15 is 0 Å². The summed E-state index contributed by atoms with van der Waals surface area (Å²) in [6, 6.07) is 7.42. The van der Waals surface area contributed by atoms with Gasteiger partial charge < -0.3 is 10.6 Å². The van der Waals surface area contributed by atoms with Gasteiger partial charge in [-0.05, 0) is 24.8 Å². The average Bonchev–Trinajstić information content (AvgIpc) is 3.03. The summed E-state index contributed by atoms with van der Waals surface area (Å²) in [6.45, 7) is 0.687.